The molecule has 2 aliphatic rings. The summed E-state index contributed by atoms with van der Waals surface area (Å²) in [6.07, 6.45) is 8.89. The molecule has 10 heteroatoms. The van der Waals surface area contributed by atoms with E-state index in [2.05, 4.69) is 32.2 Å². The summed E-state index contributed by atoms with van der Waals surface area (Å²) in [4.78, 5) is 36.3. The van der Waals surface area contributed by atoms with Gasteiger partial charge in [-0.25, -0.2) is 0 Å². The van der Waals surface area contributed by atoms with Crippen LogP contribution in [0.2, 0.25) is 0 Å². The number of nitrogens with zero attached hydrogens (tertiary/aromatic N) is 3. The number of aromatic nitrogens is 1. The van der Waals surface area contributed by atoms with Gasteiger partial charge in [0, 0.05) is 61.8 Å². The first-order valence-electron chi connectivity index (χ1n) is 15.2. The van der Waals surface area contributed by atoms with Crippen molar-refractivity contribution in [1.29, 1.82) is 0 Å². The molecule has 2 saturated heterocycles. The zero-order chi connectivity index (χ0) is 28.6. The summed E-state index contributed by atoms with van der Waals surface area (Å²) in [5.41, 5.74) is 3.15. The molecule has 43 heavy (non-hydrogen) atoms. The fraction of sp³-hybridized carbons (Fsp3) is 0.515. The number of H-pyrrole nitrogens is 1. The lowest BCUT2D eigenvalue weighted by molar-refractivity contribution is -0.131. The van der Waals surface area contributed by atoms with Gasteiger partial charge in [0.25, 0.3) is 0 Å². The lowest BCUT2D eigenvalue weighted by Crippen LogP contribution is -2.51. The molecule has 2 N–H and O–H groups in total. The standard InChI is InChI=1S/C33H45N5O3.2ClH/c1-25(39)38(22-26-10-4-7-13-32(26)41-2)23-28(20-27-21-34-31-12-6-5-11-30(27)31)35-33(40)24-36-18-14-29(15-19-36)37-16-8-3-9-17-37;;/h4-7,10-13,21,28-29,34H,3,8-9,14-20,22-24H2,1-2H3,(H,35,40);2*1H/t28-;;/m1../s1. The molecule has 8 nitrogen and oxygen atoms in total. The van der Waals surface area contributed by atoms with Crippen molar-refractivity contribution in [1.82, 2.24) is 25.0 Å². The predicted octanol–water partition coefficient (Wildman–Crippen LogP) is 5.05. The van der Waals surface area contributed by atoms with E-state index in [1.807, 2.05) is 47.5 Å². The SMILES string of the molecule is COc1ccccc1CN(C[C@@H](Cc1c[nH]c2ccccc12)NC(=O)CN1CCC(N2CCCCC2)CC1)C(C)=O.Cl.Cl. The number of fused-ring (bicyclic) bond motifs is 1. The normalized spacial score (nSPS) is 17.0. The Morgan fingerprint density at radius 1 is 0.977 bits per heavy atom. The average molecular weight is 633 g/mol. The average Bonchev–Trinajstić information content (AvgIpc) is 3.40. The Bertz CT molecular complexity index is 1300. The zero-order valence-corrected chi connectivity index (χ0v) is 27.1. The van der Waals surface area contributed by atoms with Gasteiger partial charge >= 0.3 is 0 Å². The molecular formula is C33H47Cl2N5O3. The number of carbonyl (C=O) groups is 2. The van der Waals surface area contributed by atoms with Crippen LogP contribution in [0, 0.1) is 0 Å². The van der Waals surface area contributed by atoms with E-state index in [1.54, 1.807) is 14.0 Å². The lowest BCUT2D eigenvalue weighted by Gasteiger charge is -2.40. The van der Waals surface area contributed by atoms with Crippen LogP contribution in [0.25, 0.3) is 10.9 Å². The van der Waals surface area contributed by atoms with E-state index >= 15 is 0 Å². The first-order chi connectivity index (χ1) is 20.0. The summed E-state index contributed by atoms with van der Waals surface area (Å²) in [6, 6.07) is 16.4. The van der Waals surface area contributed by atoms with Crippen LogP contribution in [0.3, 0.4) is 0 Å². The second-order valence-corrected chi connectivity index (χ2v) is 11.6. The topological polar surface area (TPSA) is 80.9 Å². The Morgan fingerprint density at radius 2 is 1.67 bits per heavy atom. The molecule has 0 spiro atoms. The lowest BCUT2D eigenvalue weighted by atomic mass is 10.00. The van der Waals surface area contributed by atoms with Gasteiger partial charge < -0.3 is 24.8 Å². The maximum atomic E-state index is 13.4. The van der Waals surface area contributed by atoms with Gasteiger partial charge in [-0.1, -0.05) is 42.8 Å². The van der Waals surface area contributed by atoms with Crippen molar-refractivity contribution >= 4 is 47.5 Å². The molecule has 1 atom stereocenters. The molecule has 0 bridgehead atoms. The number of rotatable bonds is 11. The molecule has 2 fully saturated rings. The molecular weight excluding hydrogens is 585 g/mol. The summed E-state index contributed by atoms with van der Waals surface area (Å²) >= 11 is 0. The molecule has 3 aromatic rings. The van der Waals surface area contributed by atoms with Gasteiger partial charge in [-0.2, -0.15) is 0 Å². The highest BCUT2D eigenvalue weighted by molar-refractivity contribution is 5.86. The minimum atomic E-state index is -0.230. The second kappa shape index (κ2) is 16.9. The van der Waals surface area contributed by atoms with Crippen LogP contribution in [0.4, 0.5) is 0 Å². The number of benzene rings is 2. The van der Waals surface area contributed by atoms with Gasteiger partial charge in [-0.15, -0.1) is 24.8 Å². The van der Waals surface area contributed by atoms with Crippen LogP contribution in [0.5, 0.6) is 5.75 Å². The van der Waals surface area contributed by atoms with E-state index < -0.39 is 0 Å². The molecule has 0 saturated carbocycles. The summed E-state index contributed by atoms with van der Waals surface area (Å²) in [5.74, 6) is 0.741. The van der Waals surface area contributed by atoms with Crippen LogP contribution >= 0.6 is 24.8 Å². The number of nitrogens with one attached hydrogen (secondary N) is 2. The number of piperidine rings is 2. The van der Waals surface area contributed by atoms with E-state index in [0.29, 0.717) is 32.1 Å². The summed E-state index contributed by atoms with van der Waals surface area (Å²) < 4.78 is 5.54. The van der Waals surface area contributed by atoms with Crippen molar-refractivity contribution in [2.24, 2.45) is 0 Å². The molecule has 0 unspecified atom stereocenters. The number of likely N-dealkylation sites (tertiary alicyclic amines) is 2. The van der Waals surface area contributed by atoms with Gasteiger partial charge in [-0.05, 0) is 62.9 Å². The Hall–Kier alpha value is -2.78. The largest absolute Gasteiger partial charge is 0.496 e. The van der Waals surface area contributed by atoms with Gasteiger partial charge in [0.2, 0.25) is 11.8 Å². The highest BCUT2D eigenvalue weighted by Gasteiger charge is 2.27. The smallest absolute Gasteiger partial charge is 0.234 e. The first-order valence-corrected chi connectivity index (χ1v) is 15.2. The molecule has 236 valence electrons. The van der Waals surface area contributed by atoms with Gasteiger partial charge in [0.05, 0.1) is 19.7 Å². The number of methoxy groups -OCH3 is 1. The number of para-hydroxylation sites is 2. The van der Waals surface area contributed by atoms with Crippen molar-refractivity contribution in [2.75, 3.05) is 46.4 Å². The highest BCUT2D eigenvalue weighted by atomic mass is 35.5. The maximum Gasteiger partial charge on any atom is 0.234 e. The minimum absolute atomic E-state index is 0. The van der Waals surface area contributed by atoms with Crippen molar-refractivity contribution in [3.8, 4) is 5.75 Å². The molecule has 2 aromatic carbocycles. The molecule has 0 aliphatic carbocycles. The third-order valence-corrected chi connectivity index (χ3v) is 8.78. The number of halogens is 2. The molecule has 5 rings (SSSR count). The van der Waals surface area contributed by atoms with Gasteiger partial charge in [-0.3, -0.25) is 14.5 Å². The maximum absolute atomic E-state index is 13.4. The van der Waals surface area contributed by atoms with E-state index in [9.17, 15) is 9.59 Å². The van der Waals surface area contributed by atoms with Crippen molar-refractivity contribution in [2.45, 2.75) is 64.1 Å². The van der Waals surface area contributed by atoms with E-state index in [-0.39, 0.29) is 42.7 Å². The molecule has 1 aromatic heterocycles. The number of amides is 2. The van der Waals surface area contributed by atoms with Gasteiger partial charge in [0.15, 0.2) is 0 Å². The van der Waals surface area contributed by atoms with Crippen LogP contribution in [0.15, 0.2) is 54.7 Å². The monoisotopic (exact) mass is 631 g/mol. The fourth-order valence-corrected chi connectivity index (χ4v) is 6.54. The summed E-state index contributed by atoms with van der Waals surface area (Å²) in [7, 11) is 1.65. The van der Waals surface area contributed by atoms with E-state index in [0.717, 1.165) is 53.7 Å². The van der Waals surface area contributed by atoms with Crippen molar-refractivity contribution in [3.05, 3.63) is 65.9 Å². The number of carbonyl (C=O) groups excluding carboxylic acids is 2. The number of aromatic amines is 1. The predicted molar refractivity (Wildman–Crippen MR) is 177 cm³/mol. The third kappa shape index (κ3) is 9.35. The second-order valence-electron chi connectivity index (χ2n) is 11.6. The van der Waals surface area contributed by atoms with Crippen LogP contribution in [-0.2, 0) is 22.6 Å². The highest BCUT2D eigenvalue weighted by Crippen LogP contribution is 2.23. The van der Waals surface area contributed by atoms with Gasteiger partial charge in [0.1, 0.15) is 5.75 Å². The van der Waals surface area contributed by atoms with Crippen LogP contribution < -0.4 is 10.1 Å². The minimum Gasteiger partial charge on any atom is -0.496 e. The summed E-state index contributed by atoms with van der Waals surface area (Å²) in [5, 5.41) is 4.46. The number of ether oxygens (including phenoxy) is 1. The first kappa shape index (κ1) is 34.7. The molecule has 2 amide bonds. The molecule has 0 radical (unpaired) electrons. The van der Waals surface area contributed by atoms with Crippen LogP contribution in [0.1, 0.15) is 50.2 Å². The van der Waals surface area contributed by atoms with Crippen molar-refractivity contribution in [3.63, 3.8) is 0 Å². The summed E-state index contributed by atoms with van der Waals surface area (Å²) in [6.45, 7) is 7.17. The van der Waals surface area contributed by atoms with Crippen molar-refractivity contribution < 1.29 is 14.3 Å². The molecule has 3 heterocycles. The quantitative estimate of drug-likeness (QED) is 0.310. The Labute approximate surface area is 268 Å². The van der Waals surface area contributed by atoms with E-state index in [4.69, 9.17) is 4.74 Å². The number of hydrogen-bond donors (Lipinski definition) is 2. The number of hydrogen-bond acceptors (Lipinski definition) is 5. The van der Waals surface area contributed by atoms with E-state index in [1.165, 1.54) is 32.4 Å². The van der Waals surface area contributed by atoms with Crippen LogP contribution in [-0.4, -0.2) is 90.0 Å². The Balaban J connectivity index is 0.00000253. The Kier molecular flexibility index (Phi) is 13.6. The Morgan fingerprint density at radius 3 is 2.40 bits per heavy atom. The fourth-order valence-electron chi connectivity index (χ4n) is 6.54. The molecule has 2 aliphatic heterocycles. The third-order valence-electron chi connectivity index (χ3n) is 8.78. The zero-order valence-electron chi connectivity index (χ0n) is 25.4.